The van der Waals surface area contributed by atoms with Gasteiger partial charge in [-0.05, 0) is 31.0 Å². The van der Waals surface area contributed by atoms with Crippen LogP contribution in [0.5, 0.6) is 0 Å². The highest BCUT2D eigenvalue weighted by Gasteiger charge is 2.10. The molecule has 0 aliphatic rings. The number of rotatable bonds is 7. The molecule has 2 aromatic rings. The minimum atomic E-state index is -0.233. The third-order valence-electron chi connectivity index (χ3n) is 3.06. The van der Waals surface area contributed by atoms with Gasteiger partial charge in [-0.2, -0.15) is 0 Å². The summed E-state index contributed by atoms with van der Waals surface area (Å²) in [5, 5.41) is 14.7. The number of benzene rings is 1. The Morgan fingerprint density at radius 1 is 1.13 bits per heavy atom. The maximum atomic E-state index is 11.9. The predicted octanol–water partition coefficient (Wildman–Crippen LogP) is 3.16. The van der Waals surface area contributed by atoms with E-state index in [0.29, 0.717) is 5.13 Å². The molecule has 0 saturated carbocycles. The van der Waals surface area contributed by atoms with Gasteiger partial charge in [0.25, 0.3) is 0 Å². The van der Waals surface area contributed by atoms with Crippen molar-refractivity contribution in [2.45, 2.75) is 39.5 Å². The maximum Gasteiger partial charge on any atom is 0.226 e. The van der Waals surface area contributed by atoms with E-state index < -0.39 is 0 Å². The highest BCUT2D eigenvalue weighted by molar-refractivity contribution is 7.15. The lowest BCUT2D eigenvalue weighted by molar-refractivity contribution is -0.121. The Bertz CT molecular complexity index is 684. The van der Waals surface area contributed by atoms with E-state index in [2.05, 4.69) is 27.8 Å². The number of nitrogens with zero attached hydrogens (tertiary/aromatic N) is 2. The van der Waals surface area contributed by atoms with E-state index in [-0.39, 0.29) is 24.7 Å². The molecule has 2 amide bonds. The lowest BCUT2D eigenvalue weighted by atomic mass is 10.2. The summed E-state index contributed by atoms with van der Waals surface area (Å²) in [6, 6.07) is 7.54. The molecule has 6 nitrogen and oxygen atoms in total. The van der Waals surface area contributed by atoms with E-state index in [1.54, 1.807) is 0 Å². The molecule has 0 fully saturated rings. The highest BCUT2D eigenvalue weighted by atomic mass is 32.1. The number of amides is 2. The number of anilines is 2. The molecular weight excluding hydrogens is 312 g/mol. The van der Waals surface area contributed by atoms with E-state index in [1.807, 2.05) is 31.2 Å². The van der Waals surface area contributed by atoms with Crippen molar-refractivity contribution >= 4 is 34.0 Å². The fraction of sp³-hybridized carbons (Fsp3) is 0.375. The summed E-state index contributed by atoms with van der Waals surface area (Å²) in [6.07, 6.45) is 2.08. The largest absolute Gasteiger partial charge is 0.326 e. The molecule has 23 heavy (non-hydrogen) atoms. The zero-order valence-corrected chi connectivity index (χ0v) is 14.1. The summed E-state index contributed by atoms with van der Waals surface area (Å²) in [5.41, 5.74) is 1.81. The van der Waals surface area contributed by atoms with Crippen LogP contribution in [0.15, 0.2) is 24.3 Å². The quantitative estimate of drug-likeness (QED) is 0.816. The standard InChI is InChI=1S/C16H20N4O2S/c1-3-5-15-19-20-16(23-15)18-14(22)9-8-13(21)17-12-7-4-6-11(2)10-12/h4,6-7,10H,3,5,8-9H2,1-2H3,(H,17,21)(H,18,20,22). The van der Waals surface area contributed by atoms with E-state index >= 15 is 0 Å². The van der Waals surface area contributed by atoms with Crippen molar-refractivity contribution < 1.29 is 9.59 Å². The summed E-state index contributed by atoms with van der Waals surface area (Å²) < 4.78 is 0. The Morgan fingerprint density at radius 2 is 1.87 bits per heavy atom. The molecule has 0 aliphatic heterocycles. The molecule has 0 bridgehead atoms. The molecular formula is C16H20N4O2S. The van der Waals surface area contributed by atoms with Crippen LogP contribution in [0.4, 0.5) is 10.8 Å². The zero-order valence-electron chi connectivity index (χ0n) is 13.3. The number of carbonyl (C=O) groups excluding carboxylic acids is 2. The second-order valence-electron chi connectivity index (χ2n) is 5.22. The van der Waals surface area contributed by atoms with Crippen LogP contribution < -0.4 is 10.6 Å². The second kappa shape index (κ2) is 8.38. The topological polar surface area (TPSA) is 84.0 Å². The molecule has 0 saturated heterocycles. The minimum absolute atomic E-state index is 0.111. The molecule has 0 unspecified atom stereocenters. The van der Waals surface area contributed by atoms with Gasteiger partial charge in [-0.1, -0.05) is 30.4 Å². The van der Waals surface area contributed by atoms with Crippen LogP contribution >= 0.6 is 11.3 Å². The molecule has 1 aromatic heterocycles. The fourth-order valence-electron chi connectivity index (χ4n) is 1.97. The fourth-order valence-corrected chi connectivity index (χ4v) is 2.83. The Labute approximate surface area is 139 Å². The zero-order chi connectivity index (χ0) is 16.7. The van der Waals surface area contributed by atoms with E-state index in [4.69, 9.17) is 0 Å². The Hall–Kier alpha value is -2.28. The molecule has 2 rings (SSSR count). The normalized spacial score (nSPS) is 10.3. The van der Waals surface area contributed by atoms with Gasteiger partial charge in [-0.25, -0.2) is 0 Å². The molecule has 7 heteroatoms. The first-order valence-corrected chi connectivity index (χ1v) is 8.37. The van der Waals surface area contributed by atoms with E-state index in [0.717, 1.165) is 29.1 Å². The van der Waals surface area contributed by atoms with Crippen molar-refractivity contribution in [3.05, 3.63) is 34.8 Å². The van der Waals surface area contributed by atoms with Crippen LogP contribution in [0.25, 0.3) is 0 Å². The Morgan fingerprint density at radius 3 is 2.57 bits per heavy atom. The van der Waals surface area contributed by atoms with Gasteiger partial charge in [0.2, 0.25) is 16.9 Å². The van der Waals surface area contributed by atoms with Crippen LogP contribution in [0.1, 0.15) is 36.8 Å². The van der Waals surface area contributed by atoms with Crippen LogP contribution in [-0.2, 0) is 16.0 Å². The van der Waals surface area contributed by atoms with Crippen molar-refractivity contribution in [1.29, 1.82) is 0 Å². The van der Waals surface area contributed by atoms with Gasteiger partial charge < -0.3 is 10.6 Å². The van der Waals surface area contributed by atoms with Crippen LogP contribution in [0.3, 0.4) is 0 Å². The number of aryl methyl sites for hydroxylation is 2. The third-order valence-corrected chi connectivity index (χ3v) is 3.96. The highest BCUT2D eigenvalue weighted by Crippen LogP contribution is 2.17. The number of hydrogen-bond acceptors (Lipinski definition) is 5. The minimum Gasteiger partial charge on any atom is -0.326 e. The van der Waals surface area contributed by atoms with E-state index in [1.165, 1.54) is 11.3 Å². The smallest absolute Gasteiger partial charge is 0.226 e. The molecule has 0 atom stereocenters. The summed E-state index contributed by atoms with van der Waals surface area (Å²) >= 11 is 1.37. The first-order valence-electron chi connectivity index (χ1n) is 7.55. The maximum absolute atomic E-state index is 11.9. The number of hydrogen-bond donors (Lipinski definition) is 2. The molecule has 122 valence electrons. The van der Waals surface area contributed by atoms with Crippen LogP contribution in [0.2, 0.25) is 0 Å². The van der Waals surface area contributed by atoms with Gasteiger partial charge in [0.15, 0.2) is 0 Å². The average molecular weight is 332 g/mol. The first-order chi connectivity index (χ1) is 11.1. The van der Waals surface area contributed by atoms with Crippen molar-refractivity contribution in [2.75, 3.05) is 10.6 Å². The van der Waals surface area contributed by atoms with Crippen molar-refractivity contribution in [2.24, 2.45) is 0 Å². The monoisotopic (exact) mass is 332 g/mol. The van der Waals surface area contributed by atoms with Gasteiger partial charge in [0.1, 0.15) is 5.01 Å². The van der Waals surface area contributed by atoms with Gasteiger partial charge in [-0.15, -0.1) is 10.2 Å². The lowest BCUT2D eigenvalue weighted by Gasteiger charge is -2.05. The molecule has 0 radical (unpaired) electrons. The van der Waals surface area contributed by atoms with Gasteiger partial charge >= 0.3 is 0 Å². The average Bonchev–Trinajstić information content (AvgIpc) is 2.93. The summed E-state index contributed by atoms with van der Waals surface area (Å²) in [6.45, 7) is 4.02. The lowest BCUT2D eigenvalue weighted by Crippen LogP contribution is -2.17. The first kappa shape index (κ1) is 17.1. The molecule has 0 spiro atoms. The van der Waals surface area contributed by atoms with E-state index in [9.17, 15) is 9.59 Å². The number of aromatic nitrogens is 2. The van der Waals surface area contributed by atoms with Crippen molar-refractivity contribution in [1.82, 2.24) is 10.2 Å². The van der Waals surface area contributed by atoms with Crippen molar-refractivity contribution in [3.63, 3.8) is 0 Å². The Balaban J connectivity index is 1.76. The molecule has 1 heterocycles. The molecule has 2 N–H and O–H groups in total. The number of carbonyl (C=O) groups is 2. The second-order valence-corrected chi connectivity index (χ2v) is 6.28. The molecule has 0 aliphatic carbocycles. The molecule has 1 aromatic carbocycles. The van der Waals surface area contributed by atoms with Gasteiger partial charge in [0.05, 0.1) is 0 Å². The Kier molecular flexibility index (Phi) is 6.22. The predicted molar refractivity (Wildman–Crippen MR) is 91.6 cm³/mol. The summed E-state index contributed by atoms with van der Waals surface area (Å²) in [7, 11) is 0. The van der Waals surface area contributed by atoms with Crippen LogP contribution in [0, 0.1) is 6.92 Å². The third kappa shape index (κ3) is 5.78. The van der Waals surface area contributed by atoms with Crippen LogP contribution in [-0.4, -0.2) is 22.0 Å². The SMILES string of the molecule is CCCc1nnc(NC(=O)CCC(=O)Nc2cccc(C)c2)s1. The summed E-state index contributed by atoms with van der Waals surface area (Å²) in [5.74, 6) is -0.418. The van der Waals surface area contributed by atoms with Crippen molar-refractivity contribution in [3.8, 4) is 0 Å². The number of nitrogens with one attached hydrogen (secondary N) is 2. The van der Waals surface area contributed by atoms with Gasteiger partial charge in [0, 0.05) is 24.9 Å². The van der Waals surface area contributed by atoms with Gasteiger partial charge in [-0.3, -0.25) is 9.59 Å². The summed E-state index contributed by atoms with van der Waals surface area (Å²) in [4.78, 5) is 23.7.